The molecule has 32 heavy (non-hydrogen) atoms. The number of carbonyl (C=O) groups excluding carboxylic acids is 1. The Morgan fingerprint density at radius 1 is 1.09 bits per heavy atom. The molecule has 4 nitrogen and oxygen atoms in total. The van der Waals surface area contributed by atoms with Crippen molar-refractivity contribution in [2.45, 2.75) is 16.9 Å². The molecule has 0 aliphatic rings. The molecule has 0 unspecified atom stereocenters. The molecule has 0 saturated heterocycles. The number of pyridine rings is 1. The van der Waals surface area contributed by atoms with Gasteiger partial charge >= 0.3 is 0 Å². The van der Waals surface area contributed by atoms with Gasteiger partial charge in [-0.25, -0.2) is 0 Å². The topological polar surface area (TPSA) is 70.8 Å². The van der Waals surface area contributed by atoms with E-state index in [-0.39, 0.29) is 22.8 Å². The lowest BCUT2D eigenvalue weighted by Gasteiger charge is -2.02. The molecular formula is C25H20BrN3OS2. The summed E-state index contributed by atoms with van der Waals surface area (Å²) in [6.45, 7) is 2.03. The second-order valence-corrected chi connectivity index (χ2v) is 9.33. The number of nitrogen functional groups attached to an aromatic ring is 1. The fraction of sp³-hybridized carbons (Fsp3) is 0.0800. The molecule has 2 N–H and O–H groups in total. The molecule has 160 valence electrons. The zero-order valence-corrected chi connectivity index (χ0v) is 20.5. The molecule has 2 heterocycles. The van der Waals surface area contributed by atoms with E-state index in [2.05, 4.69) is 6.07 Å². The van der Waals surface area contributed by atoms with Crippen LogP contribution in [0.4, 0.5) is 5.69 Å². The van der Waals surface area contributed by atoms with Crippen molar-refractivity contribution < 1.29 is 26.3 Å². The molecule has 0 atom stereocenters. The fourth-order valence-corrected chi connectivity index (χ4v) is 5.62. The summed E-state index contributed by atoms with van der Waals surface area (Å²) < 4.78 is 2.97. The third-order valence-corrected chi connectivity index (χ3v) is 7.31. The lowest BCUT2D eigenvalue weighted by molar-refractivity contribution is -0.597. The number of hydrogen-bond acceptors (Lipinski definition) is 5. The minimum absolute atomic E-state index is 0. The number of aryl methyl sites for hydroxylation is 1. The molecule has 4 aromatic rings. The minimum Gasteiger partial charge on any atom is -1.00 e. The fourth-order valence-electron chi connectivity index (χ4n) is 3.20. The Balaban J connectivity index is 0.00000289. The highest BCUT2D eigenvalue weighted by atomic mass is 79.9. The first-order chi connectivity index (χ1) is 15.1. The number of nitrogens with zero attached hydrogens (tertiary/aromatic N) is 2. The number of carbonyl (C=O) groups is 1. The molecule has 2 aromatic heterocycles. The van der Waals surface area contributed by atoms with Gasteiger partial charge < -0.3 is 22.7 Å². The van der Waals surface area contributed by atoms with Crippen molar-refractivity contribution in [1.29, 1.82) is 5.26 Å². The second kappa shape index (κ2) is 10.6. The van der Waals surface area contributed by atoms with Crippen LogP contribution >= 0.6 is 23.1 Å². The number of anilines is 1. The first-order valence-electron chi connectivity index (χ1n) is 9.69. The summed E-state index contributed by atoms with van der Waals surface area (Å²) >= 11 is 3.08. The molecule has 2 aromatic carbocycles. The van der Waals surface area contributed by atoms with E-state index in [0.717, 1.165) is 21.0 Å². The molecule has 0 spiro atoms. The summed E-state index contributed by atoms with van der Waals surface area (Å²) in [6.07, 6.45) is 3.97. The third kappa shape index (κ3) is 5.10. The van der Waals surface area contributed by atoms with Crippen molar-refractivity contribution in [3.05, 3.63) is 106 Å². The normalized spacial score (nSPS) is 10.2. The second-order valence-electron chi connectivity index (χ2n) is 7.06. The number of aromatic nitrogens is 1. The Morgan fingerprint density at radius 2 is 1.81 bits per heavy atom. The van der Waals surface area contributed by atoms with E-state index >= 15 is 0 Å². The number of thioether (sulfide) groups is 1. The monoisotopic (exact) mass is 521 g/mol. The molecule has 4 rings (SSSR count). The van der Waals surface area contributed by atoms with Crippen LogP contribution in [0.25, 0.3) is 5.69 Å². The number of halogens is 1. The molecule has 0 amide bonds. The predicted octanol–water partition coefficient (Wildman–Crippen LogP) is 2.31. The number of benzene rings is 2. The zero-order valence-electron chi connectivity index (χ0n) is 17.3. The maximum absolute atomic E-state index is 13.2. The quantitative estimate of drug-likeness (QED) is 0.240. The Morgan fingerprint density at radius 3 is 2.47 bits per heavy atom. The lowest BCUT2D eigenvalue weighted by Crippen LogP contribution is -3.00. The van der Waals surface area contributed by atoms with Crippen LogP contribution in [-0.2, 0) is 5.75 Å². The highest BCUT2D eigenvalue weighted by molar-refractivity contribution is 8.00. The van der Waals surface area contributed by atoms with Gasteiger partial charge in [-0.05, 0) is 30.7 Å². The molecule has 0 saturated carbocycles. The average molecular weight is 522 g/mol. The number of hydrogen-bond donors (Lipinski definition) is 1. The number of nitriles is 1. The van der Waals surface area contributed by atoms with Crippen molar-refractivity contribution in [1.82, 2.24) is 0 Å². The largest absolute Gasteiger partial charge is 1.00 e. The average Bonchev–Trinajstić information content (AvgIpc) is 3.14. The van der Waals surface area contributed by atoms with Crippen LogP contribution in [-0.4, -0.2) is 5.78 Å². The molecule has 0 fully saturated rings. The number of nitrogens with two attached hydrogens (primary N) is 1. The first-order valence-corrected chi connectivity index (χ1v) is 11.5. The number of rotatable bonds is 6. The van der Waals surface area contributed by atoms with E-state index in [4.69, 9.17) is 11.0 Å². The van der Waals surface area contributed by atoms with Crippen LogP contribution in [0.15, 0.2) is 83.3 Å². The van der Waals surface area contributed by atoms with Crippen molar-refractivity contribution in [3.63, 3.8) is 0 Å². The maximum atomic E-state index is 13.2. The van der Waals surface area contributed by atoms with E-state index in [9.17, 15) is 4.79 Å². The molecule has 7 heteroatoms. The Bertz CT molecular complexity index is 1280. The van der Waals surface area contributed by atoms with Gasteiger partial charge in [0.05, 0.1) is 11.6 Å². The summed E-state index contributed by atoms with van der Waals surface area (Å²) in [7, 11) is 0. The van der Waals surface area contributed by atoms with Gasteiger partial charge in [-0.3, -0.25) is 4.79 Å². The molecule has 0 radical (unpaired) electrons. The summed E-state index contributed by atoms with van der Waals surface area (Å²) in [5.74, 6) is 0.645. The van der Waals surface area contributed by atoms with Gasteiger partial charge in [0, 0.05) is 22.9 Å². The smallest absolute Gasteiger partial charge is 0.259 e. The first kappa shape index (κ1) is 23.7. The molecular weight excluding hydrogens is 502 g/mol. The van der Waals surface area contributed by atoms with E-state index in [0.29, 0.717) is 27.4 Å². The van der Waals surface area contributed by atoms with E-state index in [1.54, 1.807) is 11.8 Å². The van der Waals surface area contributed by atoms with E-state index in [1.807, 2.05) is 90.6 Å². The van der Waals surface area contributed by atoms with Crippen LogP contribution in [0.2, 0.25) is 0 Å². The van der Waals surface area contributed by atoms with Crippen molar-refractivity contribution >= 4 is 34.6 Å². The van der Waals surface area contributed by atoms with Crippen molar-refractivity contribution in [2.75, 3.05) is 5.73 Å². The van der Waals surface area contributed by atoms with Gasteiger partial charge in [0.25, 0.3) is 5.69 Å². The van der Waals surface area contributed by atoms with Gasteiger partial charge in [0.2, 0.25) is 5.78 Å². The van der Waals surface area contributed by atoms with Gasteiger partial charge in [-0.2, -0.15) is 9.83 Å². The Kier molecular flexibility index (Phi) is 7.86. The highest BCUT2D eigenvalue weighted by Crippen LogP contribution is 2.40. The van der Waals surface area contributed by atoms with Gasteiger partial charge in [0.15, 0.2) is 12.4 Å². The lowest BCUT2D eigenvalue weighted by atomic mass is 10.1. The van der Waals surface area contributed by atoms with Crippen LogP contribution in [0, 0.1) is 18.3 Å². The van der Waals surface area contributed by atoms with Crippen LogP contribution in [0.1, 0.15) is 31.9 Å². The van der Waals surface area contributed by atoms with Gasteiger partial charge in [-0.15, -0.1) is 23.1 Å². The Labute approximate surface area is 206 Å². The maximum Gasteiger partial charge on any atom is 0.259 e. The molecule has 0 aliphatic carbocycles. The van der Waals surface area contributed by atoms with Crippen molar-refractivity contribution in [3.8, 4) is 11.8 Å². The summed E-state index contributed by atoms with van der Waals surface area (Å²) in [5, 5.41) is 9.00. The Hall–Kier alpha value is -2.92. The van der Waals surface area contributed by atoms with Crippen LogP contribution < -0.4 is 27.3 Å². The minimum atomic E-state index is -0.0668. The number of ketones is 1. The van der Waals surface area contributed by atoms with Gasteiger partial charge in [0.1, 0.15) is 14.8 Å². The van der Waals surface area contributed by atoms with Crippen LogP contribution in [0.3, 0.4) is 0 Å². The standard InChI is InChI=1S/C25H19N3OS2.BrH/c1-17-6-5-13-28(15-17)22-21(27)24(23(29)20-7-3-2-4-8-20)31-25(22)30-16-19-11-9-18(14-26)10-12-19;/h2-13,15H,16H2,1H3,(H-,27,29);1H. The van der Waals surface area contributed by atoms with E-state index < -0.39 is 0 Å². The summed E-state index contributed by atoms with van der Waals surface area (Å²) in [4.78, 5) is 13.7. The van der Waals surface area contributed by atoms with E-state index in [1.165, 1.54) is 11.3 Å². The van der Waals surface area contributed by atoms with Crippen molar-refractivity contribution in [2.24, 2.45) is 0 Å². The number of thiophene rings is 1. The SMILES string of the molecule is Cc1ccc[n+](-c2c(SCc3ccc(C#N)cc3)sc(C(=O)c3ccccc3)c2N)c1.[Br-]. The predicted molar refractivity (Wildman–Crippen MR) is 126 cm³/mol. The summed E-state index contributed by atoms with van der Waals surface area (Å²) in [6, 6.07) is 22.9. The molecule has 0 bridgehead atoms. The molecule has 0 aliphatic heterocycles. The summed E-state index contributed by atoms with van der Waals surface area (Å²) in [5.41, 5.74) is 11.4. The zero-order chi connectivity index (χ0) is 21.8. The third-order valence-electron chi connectivity index (χ3n) is 4.79. The van der Waals surface area contributed by atoms with Gasteiger partial charge in [-0.1, -0.05) is 42.5 Å². The van der Waals surface area contributed by atoms with Crippen LogP contribution in [0.5, 0.6) is 0 Å². The highest BCUT2D eigenvalue weighted by Gasteiger charge is 2.28.